The number of anilines is 2. The Morgan fingerprint density at radius 2 is 1.83 bits per heavy atom. The van der Waals surface area contributed by atoms with Gasteiger partial charge in [0, 0.05) is 35.4 Å². The van der Waals surface area contributed by atoms with Crippen molar-refractivity contribution >= 4 is 46.8 Å². The van der Waals surface area contributed by atoms with Crippen molar-refractivity contribution in [2.75, 3.05) is 30.0 Å². The Bertz CT molecular complexity index is 959. The molecule has 2 aromatic rings. The number of thioether (sulfide) groups is 1. The second kappa shape index (κ2) is 9.24. The summed E-state index contributed by atoms with van der Waals surface area (Å²) in [5.41, 5.74) is 1.75. The summed E-state index contributed by atoms with van der Waals surface area (Å²) >= 11 is 1.53. The highest BCUT2D eigenvalue weighted by Gasteiger charge is 2.17. The molecule has 0 saturated carbocycles. The summed E-state index contributed by atoms with van der Waals surface area (Å²) in [6.45, 7) is -0.464. The summed E-state index contributed by atoms with van der Waals surface area (Å²) in [5.74, 6) is -0.839. The third kappa shape index (κ3) is 5.35. The minimum atomic E-state index is -0.665. The normalized spacial score (nSPS) is 12.8. The van der Waals surface area contributed by atoms with Gasteiger partial charge in [-0.05, 0) is 42.5 Å². The van der Waals surface area contributed by atoms with Gasteiger partial charge < -0.3 is 20.7 Å². The van der Waals surface area contributed by atoms with E-state index in [-0.39, 0.29) is 17.4 Å². The summed E-state index contributed by atoms with van der Waals surface area (Å²) in [5, 5.41) is 7.85. The van der Waals surface area contributed by atoms with Gasteiger partial charge in [-0.15, -0.1) is 11.8 Å². The number of benzene rings is 2. The standard InChI is InChI=1S/C20H19N3O5S/c1-21-19(26)12-2-5-14(6-3-12)22-18(25)11-28-20(27)13-4-7-16-15(10-13)23-17(24)8-9-29-16/h2-7,10H,8-9,11H2,1H3,(H,21,26)(H,22,25)(H,23,24). The number of carbonyl (C=O) groups excluding carboxylic acids is 4. The van der Waals surface area contributed by atoms with Crippen molar-refractivity contribution in [3.63, 3.8) is 0 Å². The van der Waals surface area contributed by atoms with Crippen molar-refractivity contribution in [2.45, 2.75) is 11.3 Å². The predicted molar refractivity (Wildman–Crippen MR) is 109 cm³/mol. The fourth-order valence-corrected chi connectivity index (χ4v) is 3.54. The van der Waals surface area contributed by atoms with E-state index in [4.69, 9.17) is 4.74 Å². The lowest BCUT2D eigenvalue weighted by Gasteiger charge is -2.10. The maximum atomic E-state index is 12.2. The van der Waals surface area contributed by atoms with Gasteiger partial charge in [0.25, 0.3) is 11.8 Å². The monoisotopic (exact) mass is 413 g/mol. The van der Waals surface area contributed by atoms with Gasteiger partial charge in [-0.25, -0.2) is 4.79 Å². The van der Waals surface area contributed by atoms with Crippen LogP contribution < -0.4 is 16.0 Å². The van der Waals surface area contributed by atoms with E-state index in [1.807, 2.05) is 0 Å². The zero-order valence-corrected chi connectivity index (χ0v) is 16.4. The van der Waals surface area contributed by atoms with Crippen LogP contribution in [0.4, 0.5) is 11.4 Å². The highest BCUT2D eigenvalue weighted by atomic mass is 32.2. The Balaban J connectivity index is 1.55. The number of rotatable bonds is 5. The molecule has 1 aliphatic heterocycles. The molecule has 3 rings (SSSR count). The molecule has 1 heterocycles. The van der Waals surface area contributed by atoms with E-state index in [2.05, 4.69) is 16.0 Å². The summed E-state index contributed by atoms with van der Waals surface area (Å²) in [7, 11) is 1.53. The van der Waals surface area contributed by atoms with Crippen LogP contribution >= 0.6 is 11.8 Å². The van der Waals surface area contributed by atoms with Crippen molar-refractivity contribution in [3.8, 4) is 0 Å². The molecule has 0 unspecified atom stereocenters. The number of carbonyl (C=O) groups is 4. The number of hydrogen-bond donors (Lipinski definition) is 3. The second-order valence-electron chi connectivity index (χ2n) is 6.14. The molecular formula is C20H19N3O5S. The molecule has 8 nitrogen and oxygen atoms in total. The number of amides is 3. The molecule has 0 bridgehead atoms. The van der Waals surface area contributed by atoms with E-state index in [1.165, 1.54) is 18.8 Å². The van der Waals surface area contributed by atoms with Crippen LogP contribution in [0, 0.1) is 0 Å². The molecule has 3 amide bonds. The van der Waals surface area contributed by atoms with Gasteiger partial charge in [0.15, 0.2) is 6.61 Å². The van der Waals surface area contributed by atoms with Gasteiger partial charge in [0.1, 0.15) is 0 Å². The SMILES string of the molecule is CNC(=O)c1ccc(NC(=O)COC(=O)c2ccc3c(c2)NC(=O)CCS3)cc1. The predicted octanol–water partition coefficient (Wildman–Crippen LogP) is 2.28. The van der Waals surface area contributed by atoms with Gasteiger partial charge in [-0.3, -0.25) is 14.4 Å². The molecule has 29 heavy (non-hydrogen) atoms. The van der Waals surface area contributed by atoms with Gasteiger partial charge in [0.2, 0.25) is 5.91 Å². The number of esters is 1. The summed E-state index contributed by atoms with van der Waals surface area (Å²) < 4.78 is 5.06. The third-order valence-electron chi connectivity index (χ3n) is 4.07. The number of fused-ring (bicyclic) bond motifs is 1. The van der Waals surface area contributed by atoms with E-state index in [9.17, 15) is 19.2 Å². The molecule has 1 aliphatic rings. The number of nitrogens with one attached hydrogen (secondary N) is 3. The first-order valence-electron chi connectivity index (χ1n) is 8.82. The molecule has 150 valence electrons. The fraction of sp³-hybridized carbons (Fsp3) is 0.200. The summed E-state index contributed by atoms with van der Waals surface area (Å²) in [4.78, 5) is 48.3. The van der Waals surface area contributed by atoms with Gasteiger partial charge in [-0.1, -0.05) is 0 Å². The van der Waals surface area contributed by atoms with Gasteiger partial charge >= 0.3 is 5.97 Å². The number of hydrogen-bond acceptors (Lipinski definition) is 6. The van der Waals surface area contributed by atoms with Crippen LogP contribution in [0.3, 0.4) is 0 Å². The van der Waals surface area contributed by atoms with Crippen molar-refractivity contribution < 1.29 is 23.9 Å². The molecular weight excluding hydrogens is 394 g/mol. The summed E-state index contributed by atoms with van der Waals surface area (Å²) in [6, 6.07) is 11.2. The van der Waals surface area contributed by atoms with E-state index in [0.717, 1.165) is 4.90 Å². The molecule has 2 aromatic carbocycles. The highest BCUT2D eigenvalue weighted by molar-refractivity contribution is 7.99. The van der Waals surface area contributed by atoms with Gasteiger partial charge in [-0.2, -0.15) is 0 Å². The Kier molecular flexibility index (Phi) is 6.50. The van der Waals surface area contributed by atoms with E-state index >= 15 is 0 Å². The Hall–Kier alpha value is -3.33. The van der Waals surface area contributed by atoms with Gasteiger partial charge in [0.05, 0.1) is 11.3 Å². The highest BCUT2D eigenvalue weighted by Crippen LogP contribution is 2.31. The van der Waals surface area contributed by atoms with Crippen molar-refractivity contribution in [1.29, 1.82) is 0 Å². The van der Waals surface area contributed by atoms with E-state index < -0.39 is 18.5 Å². The quantitative estimate of drug-likeness (QED) is 0.648. The molecule has 3 N–H and O–H groups in total. The maximum Gasteiger partial charge on any atom is 0.338 e. The van der Waals surface area contributed by atoms with Crippen LogP contribution in [-0.4, -0.2) is 43.1 Å². The molecule has 0 aromatic heterocycles. The molecule has 9 heteroatoms. The first kappa shape index (κ1) is 20.4. The van der Waals surface area contributed by atoms with Crippen LogP contribution in [-0.2, 0) is 14.3 Å². The first-order valence-corrected chi connectivity index (χ1v) is 9.80. The zero-order valence-electron chi connectivity index (χ0n) is 15.6. The minimum Gasteiger partial charge on any atom is -0.452 e. The Morgan fingerprint density at radius 1 is 1.10 bits per heavy atom. The van der Waals surface area contributed by atoms with Crippen molar-refractivity contribution in [2.24, 2.45) is 0 Å². The van der Waals surface area contributed by atoms with Crippen molar-refractivity contribution in [3.05, 3.63) is 53.6 Å². The topological polar surface area (TPSA) is 114 Å². The Morgan fingerprint density at radius 3 is 2.55 bits per heavy atom. The Labute approximate surface area is 171 Å². The third-order valence-corrected chi connectivity index (χ3v) is 5.14. The minimum absolute atomic E-state index is 0.108. The van der Waals surface area contributed by atoms with Crippen LogP contribution in [0.2, 0.25) is 0 Å². The molecule has 0 aliphatic carbocycles. The average Bonchev–Trinajstić information content (AvgIpc) is 2.91. The molecule has 0 spiro atoms. The fourth-order valence-electron chi connectivity index (χ4n) is 2.61. The molecule has 0 atom stereocenters. The largest absolute Gasteiger partial charge is 0.452 e. The zero-order chi connectivity index (χ0) is 20.8. The van der Waals surface area contributed by atoms with Crippen molar-refractivity contribution in [1.82, 2.24) is 5.32 Å². The second-order valence-corrected chi connectivity index (χ2v) is 7.28. The molecule has 0 saturated heterocycles. The summed E-state index contributed by atoms with van der Waals surface area (Å²) in [6.07, 6.45) is 0.406. The molecule has 0 fully saturated rings. The van der Waals surface area contributed by atoms with Crippen LogP contribution in [0.5, 0.6) is 0 Å². The smallest absolute Gasteiger partial charge is 0.338 e. The van der Waals surface area contributed by atoms with Crippen LogP contribution in [0.25, 0.3) is 0 Å². The average molecular weight is 413 g/mol. The van der Waals surface area contributed by atoms with E-state index in [0.29, 0.717) is 29.1 Å². The lowest BCUT2D eigenvalue weighted by atomic mass is 10.2. The number of ether oxygens (including phenoxy) is 1. The lowest BCUT2D eigenvalue weighted by molar-refractivity contribution is -0.119. The maximum absolute atomic E-state index is 12.2. The molecule has 0 radical (unpaired) electrons. The first-order chi connectivity index (χ1) is 14.0. The van der Waals surface area contributed by atoms with Crippen LogP contribution in [0.15, 0.2) is 47.4 Å². The lowest BCUT2D eigenvalue weighted by Crippen LogP contribution is -2.21. The van der Waals surface area contributed by atoms with E-state index in [1.54, 1.807) is 42.5 Å². The van der Waals surface area contributed by atoms with Crippen LogP contribution in [0.1, 0.15) is 27.1 Å².